The van der Waals surface area contributed by atoms with Gasteiger partial charge in [0.1, 0.15) is 0 Å². The van der Waals surface area contributed by atoms with Gasteiger partial charge in [-0.15, -0.1) is 0 Å². The van der Waals surface area contributed by atoms with Crippen molar-refractivity contribution < 1.29 is 8.42 Å². The second kappa shape index (κ2) is 5.83. The molecule has 0 aliphatic carbocycles. The molecular weight excluding hydrogens is 226 g/mol. The van der Waals surface area contributed by atoms with Gasteiger partial charge in [0, 0.05) is 13.6 Å². The first-order valence-electron chi connectivity index (χ1n) is 5.08. The van der Waals surface area contributed by atoms with Gasteiger partial charge >= 0.3 is 10.2 Å². The van der Waals surface area contributed by atoms with Gasteiger partial charge in [-0.1, -0.05) is 18.2 Å². The van der Waals surface area contributed by atoms with Crippen LogP contribution in [0.2, 0.25) is 0 Å². The molecule has 5 nitrogen and oxygen atoms in total. The summed E-state index contributed by atoms with van der Waals surface area (Å²) in [5.41, 5.74) is 6.04. The fourth-order valence-corrected chi connectivity index (χ4v) is 2.32. The summed E-state index contributed by atoms with van der Waals surface area (Å²) in [6.45, 7) is 0.840. The molecule has 1 aromatic carbocycles. The summed E-state index contributed by atoms with van der Waals surface area (Å²) < 4.78 is 27.2. The summed E-state index contributed by atoms with van der Waals surface area (Å²) in [4.78, 5) is 0. The Hall–Kier alpha value is -1.11. The summed E-state index contributed by atoms with van der Waals surface area (Å²) in [6, 6.07) is 8.96. The number of anilines is 1. The zero-order chi connectivity index (χ0) is 12.0. The van der Waals surface area contributed by atoms with Crippen molar-refractivity contribution in [2.24, 2.45) is 5.73 Å². The van der Waals surface area contributed by atoms with Crippen molar-refractivity contribution in [3.05, 3.63) is 30.3 Å². The number of nitrogens with one attached hydrogen (secondary N) is 1. The molecule has 0 saturated heterocycles. The summed E-state index contributed by atoms with van der Waals surface area (Å²) in [7, 11) is -2.06. The minimum atomic E-state index is -3.46. The molecule has 0 fully saturated rings. The second-order valence-corrected chi connectivity index (χ2v) is 5.06. The Morgan fingerprint density at radius 1 is 1.31 bits per heavy atom. The number of para-hydroxylation sites is 1. The van der Waals surface area contributed by atoms with Gasteiger partial charge in [0.2, 0.25) is 0 Å². The van der Waals surface area contributed by atoms with Crippen LogP contribution in [0.4, 0.5) is 5.69 Å². The zero-order valence-corrected chi connectivity index (χ0v) is 10.1. The molecule has 0 aliphatic rings. The topological polar surface area (TPSA) is 75.4 Å². The Morgan fingerprint density at radius 2 is 1.94 bits per heavy atom. The molecule has 0 unspecified atom stereocenters. The Labute approximate surface area is 96.4 Å². The number of rotatable bonds is 6. The zero-order valence-electron chi connectivity index (χ0n) is 9.26. The van der Waals surface area contributed by atoms with Gasteiger partial charge in [0.25, 0.3) is 0 Å². The maximum atomic E-state index is 11.8. The number of benzene rings is 1. The molecule has 0 saturated carbocycles. The lowest BCUT2D eigenvalue weighted by Gasteiger charge is -2.23. The highest BCUT2D eigenvalue weighted by atomic mass is 32.2. The van der Waals surface area contributed by atoms with E-state index in [1.807, 2.05) is 6.07 Å². The van der Waals surface area contributed by atoms with Crippen LogP contribution in [-0.2, 0) is 10.2 Å². The largest absolute Gasteiger partial charge is 0.330 e. The quantitative estimate of drug-likeness (QED) is 0.755. The number of nitrogens with zero attached hydrogens (tertiary/aromatic N) is 1. The van der Waals surface area contributed by atoms with Crippen LogP contribution in [-0.4, -0.2) is 28.6 Å². The van der Waals surface area contributed by atoms with Crippen LogP contribution in [0.1, 0.15) is 6.42 Å². The van der Waals surface area contributed by atoms with Crippen molar-refractivity contribution in [3.63, 3.8) is 0 Å². The number of nitrogens with two attached hydrogens (primary N) is 1. The molecule has 16 heavy (non-hydrogen) atoms. The second-order valence-electron chi connectivity index (χ2n) is 3.26. The van der Waals surface area contributed by atoms with E-state index in [0.29, 0.717) is 25.2 Å². The Kier molecular flexibility index (Phi) is 4.72. The van der Waals surface area contributed by atoms with Crippen molar-refractivity contribution in [2.75, 3.05) is 24.4 Å². The summed E-state index contributed by atoms with van der Waals surface area (Å²) in [5, 5.41) is 0. The third kappa shape index (κ3) is 3.19. The van der Waals surface area contributed by atoms with E-state index in [1.54, 1.807) is 24.3 Å². The molecule has 0 bridgehead atoms. The van der Waals surface area contributed by atoms with Crippen LogP contribution in [0.15, 0.2) is 30.3 Å². The van der Waals surface area contributed by atoms with Crippen LogP contribution in [0.25, 0.3) is 0 Å². The molecule has 1 aromatic rings. The molecule has 6 heteroatoms. The van der Waals surface area contributed by atoms with Crippen LogP contribution in [0.5, 0.6) is 0 Å². The van der Waals surface area contributed by atoms with Crippen LogP contribution in [0.3, 0.4) is 0 Å². The smallest absolute Gasteiger partial charge is 0.301 e. The first-order chi connectivity index (χ1) is 7.61. The highest BCUT2D eigenvalue weighted by molar-refractivity contribution is 7.90. The molecule has 1 rings (SSSR count). The SMILES string of the molecule is CNS(=O)(=O)N(CCCN)c1ccccc1. The van der Waals surface area contributed by atoms with Crippen molar-refractivity contribution in [1.82, 2.24) is 4.72 Å². The van der Waals surface area contributed by atoms with Gasteiger partial charge in [-0.2, -0.15) is 8.42 Å². The Bertz CT molecular complexity index is 405. The van der Waals surface area contributed by atoms with E-state index in [-0.39, 0.29) is 0 Å². The van der Waals surface area contributed by atoms with E-state index >= 15 is 0 Å². The summed E-state index contributed by atoms with van der Waals surface area (Å²) in [5.74, 6) is 0. The van der Waals surface area contributed by atoms with E-state index in [1.165, 1.54) is 11.4 Å². The third-order valence-electron chi connectivity index (χ3n) is 2.16. The lowest BCUT2D eigenvalue weighted by molar-refractivity contribution is 0.581. The highest BCUT2D eigenvalue weighted by Crippen LogP contribution is 2.16. The van der Waals surface area contributed by atoms with E-state index in [4.69, 9.17) is 5.73 Å². The van der Waals surface area contributed by atoms with Gasteiger partial charge < -0.3 is 5.73 Å². The predicted octanol–water partition coefficient (Wildman–Crippen LogP) is 0.306. The van der Waals surface area contributed by atoms with Gasteiger partial charge in [0.15, 0.2) is 0 Å². The summed E-state index contributed by atoms with van der Waals surface area (Å²) >= 11 is 0. The minimum absolute atomic E-state index is 0.379. The molecule has 0 atom stereocenters. The van der Waals surface area contributed by atoms with Crippen molar-refractivity contribution in [1.29, 1.82) is 0 Å². The monoisotopic (exact) mass is 243 g/mol. The van der Waals surface area contributed by atoms with Crippen molar-refractivity contribution in [3.8, 4) is 0 Å². The summed E-state index contributed by atoms with van der Waals surface area (Å²) in [6.07, 6.45) is 0.621. The molecule has 90 valence electrons. The predicted molar refractivity (Wildman–Crippen MR) is 65.4 cm³/mol. The Morgan fingerprint density at radius 3 is 2.44 bits per heavy atom. The maximum Gasteiger partial charge on any atom is 0.301 e. The fourth-order valence-electron chi connectivity index (χ4n) is 1.33. The lowest BCUT2D eigenvalue weighted by Crippen LogP contribution is -2.40. The first kappa shape index (κ1) is 13.0. The van der Waals surface area contributed by atoms with E-state index in [2.05, 4.69) is 4.72 Å². The van der Waals surface area contributed by atoms with E-state index < -0.39 is 10.2 Å². The molecule has 0 radical (unpaired) electrons. The maximum absolute atomic E-state index is 11.8. The van der Waals surface area contributed by atoms with Crippen molar-refractivity contribution >= 4 is 15.9 Å². The Balaban J connectivity index is 2.97. The van der Waals surface area contributed by atoms with Gasteiger partial charge in [-0.05, 0) is 25.1 Å². The molecule has 0 spiro atoms. The fraction of sp³-hybridized carbons (Fsp3) is 0.400. The first-order valence-corrected chi connectivity index (χ1v) is 6.52. The molecule has 0 heterocycles. The standard InChI is InChI=1S/C10H17N3O2S/c1-12-16(14,15)13(9-5-8-11)10-6-3-2-4-7-10/h2-4,6-7,12H,5,8-9,11H2,1H3. The molecular formula is C10H17N3O2S. The molecule has 3 N–H and O–H groups in total. The van der Waals surface area contributed by atoms with Crippen molar-refractivity contribution in [2.45, 2.75) is 6.42 Å². The van der Waals surface area contributed by atoms with Gasteiger partial charge in [-0.25, -0.2) is 4.72 Å². The number of hydrogen-bond acceptors (Lipinski definition) is 3. The molecule has 0 aliphatic heterocycles. The van der Waals surface area contributed by atoms with Gasteiger partial charge in [0.05, 0.1) is 5.69 Å². The van der Waals surface area contributed by atoms with Crippen LogP contribution in [0, 0.1) is 0 Å². The minimum Gasteiger partial charge on any atom is -0.330 e. The average Bonchev–Trinajstić information content (AvgIpc) is 2.31. The number of hydrogen-bond donors (Lipinski definition) is 2. The highest BCUT2D eigenvalue weighted by Gasteiger charge is 2.19. The molecule has 0 amide bonds. The normalized spacial score (nSPS) is 11.4. The van der Waals surface area contributed by atoms with Crippen LogP contribution < -0.4 is 14.8 Å². The van der Waals surface area contributed by atoms with Gasteiger partial charge in [-0.3, -0.25) is 4.31 Å². The lowest BCUT2D eigenvalue weighted by atomic mass is 10.3. The van der Waals surface area contributed by atoms with Crippen LogP contribution >= 0.6 is 0 Å². The molecule has 0 aromatic heterocycles. The van der Waals surface area contributed by atoms with E-state index in [0.717, 1.165) is 0 Å². The average molecular weight is 243 g/mol. The third-order valence-corrected chi connectivity index (χ3v) is 3.65. The van der Waals surface area contributed by atoms with E-state index in [9.17, 15) is 8.42 Å².